The third-order valence-corrected chi connectivity index (χ3v) is 4.74. The predicted octanol–water partition coefficient (Wildman–Crippen LogP) is 2.77. The van der Waals surface area contributed by atoms with E-state index < -0.39 is 11.9 Å². The molecule has 3 rings (SSSR count). The molecule has 0 aromatic carbocycles. The zero-order valence-corrected chi connectivity index (χ0v) is 13.9. The van der Waals surface area contributed by atoms with Gasteiger partial charge in [0.15, 0.2) is 0 Å². The van der Waals surface area contributed by atoms with Crippen molar-refractivity contribution in [2.24, 2.45) is 5.92 Å². The standard InChI is InChI=1S/C16H19N3O3S/c1-9(16(21)22)7-19(12-3-4-12)15(20)13-5-11(6-17-13)14-8-23-10(2)18-14/h5-6,8-9,12,17H,3-4,7H2,1-2H3,(H,21,22). The van der Waals surface area contributed by atoms with E-state index in [0.717, 1.165) is 29.1 Å². The largest absolute Gasteiger partial charge is 0.481 e. The zero-order chi connectivity index (χ0) is 16.6. The van der Waals surface area contributed by atoms with E-state index in [9.17, 15) is 9.59 Å². The van der Waals surface area contributed by atoms with Crippen molar-refractivity contribution in [3.8, 4) is 11.3 Å². The monoisotopic (exact) mass is 333 g/mol. The first-order chi connectivity index (χ1) is 11.0. The van der Waals surface area contributed by atoms with Gasteiger partial charge in [-0.15, -0.1) is 11.3 Å². The first kappa shape index (κ1) is 15.7. The number of amides is 1. The molecule has 0 spiro atoms. The molecule has 0 radical (unpaired) electrons. The van der Waals surface area contributed by atoms with Crippen LogP contribution in [0.3, 0.4) is 0 Å². The fraction of sp³-hybridized carbons (Fsp3) is 0.438. The first-order valence-corrected chi connectivity index (χ1v) is 8.48. The van der Waals surface area contributed by atoms with Crippen molar-refractivity contribution in [1.82, 2.24) is 14.9 Å². The van der Waals surface area contributed by atoms with Crippen LogP contribution in [0.1, 0.15) is 35.3 Å². The second-order valence-electron chi connectivity index (χ2n) is 5.98. The number of carboxylic acid groups (broad SMARTS) is 1. The highest BCUT2D eigenvalue weighted by Gasteiger charge is 2.35. The van der Waals surface area contributed by atoms with Gasteiger partial charge in [0.2, 0.25) is 0 Å². The number of aromatic nitrogens is 2. The summed E-state index contributed by atoms with van der Waals surface area (Å²) in [5.74, 6) is -1.59. The van der Waals surface area contributed by atoms with Crippen LogP contribution < -0.4 is 0 Å². The van der Waals surface area contributed by atoms with Gasteiger partial charge < -0.3 is 15.0 Å². The highest BCUT2D eigenvalue weighted by Crippen LogP contribution is 2.30. The fourth-order valence-corrected chi connectivity index (χ4v) is 3.10. The number of carboxylic acids is 1. The molecule has 1 unspecified atom stereocenters. The molecule has 1 aliphatic carbocycles. The van der Waals surface area contributed by atoms with Gasteiger partial charge in [-0.1, -0.05) is 6.92 Å². The van der Waals surface area contributed by atoms with Crippen molar-refractivity contribution in [3.05, 3.63) is 28.3 Å². The van der Waals surface area contributed by atoms with Crippen molar-refractivity contribution < 1.29 is 14.7 Å². The number of carbonyl (C=O) groups excluding carboxylic acids is 1. The molecule has 1 atom stereocenters. The summed E-state index contributed by atoms with van der Waals surface area (Å²) in [6.45, 7) is 3.81. The van der Waals surface area contributed by atoms with Crippen molar-refractivity contribution in [2.75, 3.05) is 6.54 Å². The summed E-state index contributed by atoms with van der Waals surface area (Å²) in [6.07, 6.45) is 3.65. The maximum absolute atomic E-state index is 12.7. The molecule has 2 heterocycles. The van der Waals surface area contributed by atoms with E-state index in [1.165, 1.54) is 0 Å². The summed E-state index contributed by atoms with van der Waals surface area (Å²) in [4.78, 5) is 32.9. The summed E-state index contributed by atoms with van der Waals surface area (Å²) >= 11 is 1.56. The normalized spacial score (nSPS) is 15.4. The molecule has 7 heteroatoms. The minimum absolute atomic E-state index is 0.140. The van der Waals surface area contributed by atoms with Crippen LogP contribution in [-0.4, -0.2) is 44.4 Å². The van der Waals surface area contributed by atoms with Crippen molar-refractivity contribution >= 4 is 23.2 Å². The quantitative estimate of drug-likeness (QED) is 0.851. The van der Waals surface area contributed by atoms with Crippen LogP contribution in [0.2, 0.25) is 0 Å². The number of carbonyl (C=O) groups is 2. The number of rotatable bonds is 6. The van der Waals surface area contributed by atoms with E-state index in [1.54, 1.807) is 35.4 Å². The number of aliphatic carboxylic acids is 1. The highest BCUT2D eigenvalue weighted by atomic mass is 32.1. The van der Waals surface area contributed by atoms with Gasteiger partial charge in [0.25, 0.3) is 5.91 Å². The van der Waals surface area contributed by atoms with E-state index in [2.05, 4.69) is 9.97 Å². The molecule has 6 nitrogen and oxygen atoms in total. The lowest BCUT2D eigenvalue weighted by Gasteiger charge is -2.23. The fourth-order valence-electron chi connectivity index (χ4n) is 2.47. The Bertz CT molecular complexity index is 733. The number of thiazole rings is 1. The molecule has 2 N–H and O–H groups in total. The molecule has 2 aromatic heterocycles. The zero-order valence-electron chi connectivity index (χ0n) is 13.1. The van der Waals surface area contributed by atoms with Crippen LogP contribution in [0, 0.1) is 12.8 Å². The number of nitrogens with one attached hydrogen (secondary N) is 1. The number of H-pyrrole nitrogens is 1. The highest BCUT2D eigenvalue weighted by molar-refractivity contribution is 7.09. The Morgan fingerprint density at radius 3 is 2.83 bits per heavy atom. The SMILES string of the molecule is Cc1nc(-c2c[nH]c(C(=O)N(CC(C)C(=O)O)C3CC3)c2)cs1. The van der Waals surface area contributed by atoms with Crippen LogP contribution in [-0.2, 0) is 4.79 Å². The van der Waals surface area contributed by atoms with Gasteiger partial charge in [0, 0.05) is 29.7 Å². The molecule has 1 saturated carbocycles. The summed E-state index contributed by atoms with van der Waals surface area (Å²) in [6, 6.07) is 1.95. The van der Waals surface area contributed by atoms with E-state index in [4.69, 9.17) is 5.11 Å². The summed E-state index contributed by atoms with van der Waals surface area (Å²) in [7, 11) is 0. The van der Waals surface area contributed by atoms with Crippen molar-refractivity contribution in [3.63, 3.8) is 0 Å². The van der Waals surface area contributed by atoms with Crippen LogP contribution in [0.4, 0.5) is 0 Å². The Labute approximate surface area is 138 Å². The molecular weight excluding hydrogens is 314 g/mol. The van der Waals surface area contributed by atoms with Crippen molar-refractivity contribution in [1.29, 1.82) is 0 Å². The molecule has 2 aromatic rings. The topological polar surface area (TPSA) is 86.3 Å². The molecule has 23 heavy (non-hydrogen) atoms. The van der Waals surface area contributed by atoms with E-state index in [1.807, 2.05) is 12.3 Å². The lowest BCUT2D eigenvalue weighted by Crippen LogP contribution is -2.38. The molecular formula is C16H19N3O3S. The number of nitrogens with zero attached hydrogens (tertiary/aromatic N) is 2. The lowest BCUT2D eigenvalue weighted by molar-refractivity contribution is -0.141. The average Bonchev–Trinajstić information content (AvgIpc) is 3.06. The van der Waals surface area contributed by atoms with Crippen LogP contribution in [0.15, 0.2) is 17.6 Å². The summed E-state index contributed by atoms with van der Waals surface area (Å²) in [5, 5.41) is 12.0. The Balaban J connectivity index is 1.78. The van der Waals surface area contributed by atoms with Gasteiger partial charge in [-0.2, -0.15) is 0 Å². The maximum Gasteiger partial charge on any atom is 0.308 e. The summed E-state index contributed by atoms with van der Waals surface area (Å²) < 4.78 is 0. The summed E-state index contributed by atoms with van der Waals surface area (Å²) in [5.41, 5.74) is 2.20. The van der Waals surface area contributed by atoms with Gasteiger partial charge in [-0.3, -0.25) is 9.59 Å². The second-order valence-corrected chi connectivity index (χ2v) is 7.04. The molecule has 0 bridgehead atoms. The lowest BCUT2D eigenvalue weighted by atomic mass is 10.1. The van der Waals surface area contributed by atoms with Gasteiger partial charge in [0.05, 0.1) is 16.6 Å². The maximum atomic E-state index is 12.7. The number of hydrogen-bond acceptors (Lipinski definition) is 4. The van der Waals surface area contributed by atoms with Gasteiger partial charge in [-0.05, 0) is 25.8 Å². The Morgan fingerprint density at radius 2 is 2.26 bits per heavy atom. The molecule has 1 aliphatic rings. The molecule has 1 amide bonds. The third-order valence-electron chi connectivity index (χ3n) is 3.97. The molecule has 122 valence electrons. The minimum Gasteiger partial charge on any atom is -0.481 e. The molecule has 0 saturated heterocycles. The van der Waals surface area contributed by atoms with Crippen LogP contribution in [0.5, 0.6) is 0 Å². The predicted molar refractivity (Wildman–Crippen MR) is 87.5 cm³/mol. The average molecular weight is 333 g/mol. The van der Waals surface area contributed by atoms with Crippen LogP contribution >= 0.6 is 11.3 Å². The Kier molecular flexibility index (Phi) is 4.21. The first-order valence-electron chi connectivity index (χ1n) is 7.60. The Morgan fingerprint density at radius 1 is 1.52 bits per heavy atom. The van der Waals surface area contributed by atoms with E-state index >= 15 is 0 Å². The van der Waals surface area contributed by atoms with E-state index in [-0.39, 0.29) is 18.5 Å². The van der Waals surface area contributed by atoms with Gasteiger partial charge >= 0.3 is 5.97 Å². The minimum atomic E-state index is -0.881. The third kappa shape index (κ3) is 3.44. The number of hydrogen-bond donors (Lipinski definition) is 2. The van der Waals surface area contributed by atoms with Gasteiger partial charge in [-0.25, -0.2) is 4.98 Å². The Hall–Kier alpha value is -2.15. The molecule has 1 fully saturated rings. The smallest absolute Gasteiger partial charge is 0.308 e. The van der Waals surface area contributed by atoms with E-state index in [0.29, 0.717) is 5.69 Å². The second kappa shape index (κ2) is 6.16. The number of aryl methyl sites for hydroxylation is 1. The van der Waals surface area contributed by atoms with Crippen LogP contribution in [0.25, 0.3) is 11.3 Å². The number of aromatic amines is 1. The van der Waals surface area contributed by atoms with Gasteiger partial charge in [0.1, 0.15) is 5.69 Å². The van der Waals surface area contributed by atoms with Crippen molar-refractivity contribution in [2.45, 2.75) is 32.7 Å². The molecule has 0 aliphatic heterocycles.